The zero-order valence-corrected chi connectivity index (χ0v) is 9.82. The minimum absolute atomic E-state index is 0.214. The summed E-state index contributed by atoms with van der Waals surface area (Å²) in [7, 11) is 2.14. The number of hydrogen-bond donors (Lipinski definition) is 1. The van der Waals surface area contributed by atoms with Crippen molar-refractivity contribution >= 4 is 0 Å². The summed E-state index contributed by atoms with van der Waals surface area (Å²) < 4.78 is 0. The zero-order chi connectivity index (χ0) is 11.2. The van der Waals surface area contributed by atoms with Crippen LogP contribution in [0.15, 0.2) is 24.3 Å². The Morgan fingerprint density at radius 1 is 1.31 bits per heavy atom. The number of aliphatic hydroxyl groups is 1. The molecule has 2 unspecified atom stereocenters. The molecule has 0 spiro atoms. The highest BCUT2D eigenvalue weighted by Gasteiger charge is 2.45. The molecule has 1 aromatic rings. The summed E-state index contributed by atoms with van der Waals surface area (Å²) in [6.07, 6.45) is 4.01. The van der Waals surface area contributed by atoms with Gasteiger partial charge in [-0.15, -0.1) is 0 Å². The van der Waals surface area contributed by atoms with Crippen molar-refractivity contribution in [1.82, 2.24) is 4.90 Å². The summed E-state index contributed by atoms with van der Waals surface area (Å²) >= 11 is 0. The third-order valence-corrected chi connectivity index (χ3v) is 4.25. The van der Waals surface area contributed by atoms with Gasteiger partial charge < -0.3 is 5.11 Å². The summed E-state index contributed by atoms with van der Waals surface area (Å²) in [5.74, 6) is 0. The van der Waals surface area contributed by atoms with Crippen LogP contribution in [0.2, 0.25) is 0 Å². The van der Waals surface area contributed by atoms with Crippen LogP contribution in [0.5, 0.6) is 0 Å². The van der Waals surface area contributed by atoms with E-state index in [0.29, 0.717) is 0 Å². The topological polar surface area (TPSA) is 23.5 Å². The van der Waals surface area contributed by atoms with E-state index in [-0.39, 0.29) is 6.04 Å². The van der Waals surface area contributed by atoms with Crippen LogP contribution in [-0.2, 0) is 6.42 Å². The normalized spacial score (nSPS) is 34.2. The Morgan fingerprint density at radius 2 is 2.12 bits per heavy atom. The molecule has 1 aliphatic carbocycles. The van der Waals surface area contributed by atoms with Gasteiger partial charge in [-0.05, 0) is 50.4 Å². The molecule has 1 heterocycles. The molecule has 1 aliphatic heterocycles. The summed E-state index contributed by atoms with van der Waals surface area (Å²) in [6.45, 7) is 1.10. The maximum absolute atomic E-state index is 10.8. The fourth-order valence-electron chi connectivity index (χ4n) is 3.48. The number of fused-ring (bicyclic) bond motifs is 3. The second kappa shape index (κ2) is 3.57. The molecule has 0 saturated carbocycles. The van der Waals surface area contributed by atoms with Crippen molar-refractivity contribution in [2.24, 2.45) is 0 Å². The van der Waals surface area contributed by atoms with Gasteiger partial charge in [0.05, 0.1) is 11.6 Å². The molecule has 0 radical (unpaired) electrons. The lowest BCUT2D eigenvalue weighted by Crippen LogP contribution is -2.51. The largest absolute Gasteiger partial charge is 0.388 e. The van der Waals surface area contributed by atoms with E-state index in [1.165, 1.54) is 11.1 Å². The van der Waals surface area contributed by atoms with E-state index in [2.05, 4.69) is 36.2 Å². The average molecular weight is 217 g/mol. The van der Waals surface area contributed by atoms with Gasteiger partial charge in [0.1, 0.15) is 0 Å². The molecule has 1 aromatic carbocycles. The lowest BCUT2D eigenvalue weighted by Gasteiger charge is -2.49. The van der Waals surface area contributed by atoms with Gasteiger partial charge in [-0.2, -0.15) is 0 Å². The van der Waals surface area contributed by atoms with E-state index in [9.17, 15) is 5.11 Å². The standard InChI is InChI=1S/C14H19NO/c1-15-10-4-8-14(16)9-7-11-5-2-3-6-12(11)13(14)15/h2-3,5-6,13,16H,4,7-10H2,1H3. The zero-order valence-electron chi connectivity index (χ0n) is 9.82. The maximum atomic E-state index is 10.8. The van der Waals surface area contributed by atoms with Gasteiger partial charge in [-0.1, -0.05) is 24.3 Å². The van der Waals surface area contributed by atoms with Gasteiger partial charge >= 0.3 is 0 Å². The van der Waals surface area contributed by atoms with Crippen molar-refractivity contribution < 1.29 is 5.11 Å². The molecule has 1 saturated heterocycles. The van der Waals surface area contributed by atoms with Crippen LogP contribution in [0.3, 0.4) is 0 Å². The number of hydrogen-bond acceptors (Lipinski definition) is 2. The van der Waals surface area contributed by atoms with E-state index in [1.807, 2.05) is 0 Å². The lowest BCUT2D eigenvalue weighted by atomic mass is 9.71. The lowest BCUT2D eigenvalue weighted by molar-refractivity contribution is -0.0856. The third-order valence-electron chi connectivity index (χ3n) is 4.25. The van der Waals surface area contributed by atoms with E-state index >= 15 is 0 Å². The first-order chi connectivity index (χ1) is 7.71. The van der Waals surface area contributed by atoms with Crippen molar-refractivity contribution in [2.75, 3.05) is 13.6 Å². The van der Waals surface area contributed by atoms with Gasteiger partial charge in [-0.3, -0.25) is 4.90 Å². The molecule has 0 bridgehead atoms. The molecular weight excluding hydrogens is 198 g/mol. The predicted molar refractivity (Wildman–Crippen MR) is 64.3 cm³/mol. The van der Waals surface area contributed by atoms with Crippen LogP contribution in [0.4, 0.5) is 0 Å². The van der Waals surface area contributed by atoms with E-state index in [1.54, 1.807) is 0 Å². The molecule has 86 valence electrons. The fourth-order valence-corrected chi connectivity index (χ4v) is 3.48. The molecule has 0 aromatic heterocycles. The number of rotatable bonds is 0. The van der Waals surface area contributed by atoms with Crippen molar-refractivity contribution in [1.29, 1.82) is 0 Å². The van der Waals surface area contributed by atoms with Crippen LogP contribution in [0.25, 0.3) is 0 Å². The molecule has 1 N–H and O–H groups in total. The molecule has 2 aliphatic rings. The van der Waals surface area contributed by atoms with Crippen molar-refractivity contribution in [2.45, 2.75) is 37.3 Å². The monoisotopic (exact) mass is 217 g/mol. The van der Waals surface area contributed by atoms with Gasteiger partial charge in [0.15, 0.2) is 0 Å². The van der Waals surface area contributed by atoms with Crippen LogP contribution >= 0.6 is 0 Å². The first kappa shape index (κ1) is 10.3. The van der Waals surface area contributed by atoms with Crippen molar-refractivity contribution in [3.8, 4) is 0 Å². The Balaban J connectivity index is 2.08. The highest BCUT2D eigenvalue weighted by atomic mass is 16.3. The molecule has 1 fully saturated rings. The molecule has 3 rings (SSSR count). The second-order valence-corrected chi connectivity index (χ2v) is 5.29. The average Bonchev–Trinajstić information content (AvgIpc) is 2.28. The molecule has 2 heteroatoms. The van der Waals surface area contributed by atoms with Crippen LogP contribution < -0.4 is 0 Å². The Morgan fingerprint density at radius 3 is 3.00 bits per heavy atom. The molecule has 0 amide bonds. The quantitative estimate of drug-likeness (QED) is 0.719. The van der Waals surface area contributed by atoms with E-state index in [0.717, 1.165) is 32.2 Å². The van der Waals surface area contributed by atoms with Gasteiger partial charge in [0, 0.05) is 0 Å². The van der Waals surface area contributed by atoms with Gasteiger partial charge in [0.25, 0.3) is 0 Å². The maximum Gasteiger partial charge on any atom is 0.0847 e. The SMILES string of the molecule is CN1CCCC2(O)CCc3ccccc3C12. The summed E-state index contributed by atoms with van der Waals surface area (Å²) in [5.41, 5.74) is 2.28. The molecule has 16 heavy (non-hydrogen) atoms. The predicted octanol–water partition coefficient (Wildman–Crippen LogP) is 2.13. The number of likely N-dealkylation sites (N-methyl/N-ethyl adjacent to an activating group) is 1. The number of piperidine rings is 1. The fraction of sp³-hybridized carbons (Fsp3) is 0.571. The first-order valence-corrected chi connectivity index (χ1v) is 6.21. The highest BCUT2D eigenvalue weighted by Crippen LogP contribution is 2.45. The Hall–Kier alpha value is -0.860. The second-order valence-electron chi connectivity index (χ2n) is 5.29. The van der Waals surface area contributed by atoms with E-state index in [4.69, 9.17) is 0 Å². The van der Waals surface area contributed by atoms with Crippen molar-refractivity contribution in [3.63, 3.8) is 0 Å². The third kappa shape index (κ3) is 1.40. The van der Waals surface area contributed by atoms with Crippen LogP contribution in [0.1, 0.15) is 36.4 Å². The van der Waals surface area contributed by atoms with Crippen LogP contribution in [0, 0.1) is 0 Å². The van der Waals surface area contributed by atoms with E-state index < -0.39 is 5.60 Å². The minimum Gasteiger partial charge on any atom is -0.388 e. The Labute approximate surface area is 96.9 Å². The first-order valence-electron chi connectivity index (χ1n) is 6.21. The molecule has 2 nitrogen and oxygen atoms in total. The van der Waals surface area contributed by atoms with Crippen molar-refractivity contribution in [3.05, 3.63) is 35.4 Å². The Kier molecular flexibility index (Phi) is 2.30. The number of aryl methyl sites for hydroxylation is 1. The smallest absolute Gasteiger partial charge is 0.0847 e. The Bertz CT molecular complexity index is 403. The minimum atomic E-state index is -0.485. The molecule has 2 atom stereocenters. The molecular formula is C14H19NO. The summed E-state index contributed by atoms with van der Waals surface area (Å²) in [4.78, 5) is 2.32. The van der Waals surface area contributed by atoms with Gasteiger partial charge in [0.2, 0.25) is 0 Å². The summed E-state index contributed by atoms with van der Waals surface area (Å²) in [5, 5.41) is 10.8. The van der Waals surface area contributed by atoms with Crippen LogP contribution in [-0.4, -0.2) is 29.2 Å². The number of likely N-dealkylation sites (tertiary alicyclic amines) is 1. The highest BCUT2D eigenvalue weighted by molar-refractivity contribution is 5.35. The summed E-state index contributed by atoms with van der Waals surface area (Å²) in [6, 6.07) is 8.80. The van der Waals surface area contributed by atoms with Gasteiger partial charge in [-0.25, -0.2) is 0 Å². The number of benzene rings is 1. The number of nitrogens with zero attached hydrogens (tertiary/aromatic N) is 1.